The summed E-state index contributed by atoms with van der Waals surface area (Å²) in [6.45, 7) is -0.0714. The monoisotopic (exact) mass is 306 g/mol. The van der Waals surface area contributed by atoms with Gasteiger partial charge in [-0.1, -0.05) is 0 Å². The minimum absolute atomic E-state index is 0.00898. The lowest BCUT2D eigenvalue weighted by atomic mass is 9.79. The second-order valence-electron chi connectivity index (χ2n) is 5.52. The number of nitrogens with zero attached hydrogens (tertiary/aromatic N) is 1. The van der Waals surface area contributed by atoms with Crippen LogP contribution in [-0.2, 0) is 5.54 Å². The fourth-order valence-corrected chi connectivity index (χ4v) is 2.43. The molecule has 0 unspecified atom stereocenters. The van der Waals surface area contributed by atoms with Crippen LogP contribution in [0.3, 0.4) is 0 Å². The first-order valence-corrected chi connectivity index (χ1v) is 6.35. The third-order valence-corrected chi connectivity index (χ3v) is 3.93. The maximum Gasteiger partial charge on any atom is 0.272 e. The molecule has 0 amide bonds. The van der Waals surface area contributed by atoms with Crippen LogP contribution in [0.15, 0.2) is 12.1 Å². The van der Waals surface area contributed by atoms with Crippen LogP contribution in [0, 0.1) is 21.7 Å². The summed E-state index contributed by atoms with van der Waals surface area (Å²) in [7, 11) is 0. The highest BCUT2D eigenvalue weighted by Crippen LogP contribution is 2.38. The predicted octanol–water partition coefficient (Wildman–Crippen LogP) is 3.15. The summed E-state index contributed by atoms with van der Waals surface area (Å²) in [5.41, 5.74) is -4.08. The van der Waals surface area contributed by atoms with Crippen LogP contribution in [0.1, 0.15) is 25.3 Å². The third kappa shape index (κ3) is 2.85. The van der Waals surface area contributed by atoms with E-state index in [-0.39, 0.29) is 24.9 Å². The molecule has 1 N–H and O–H groups in total. The van der Waals surface area contributed by atoms with Crippen molar-refractivity contribution in [2.45, 2.75) is 31.0 Å². The van der Waals surface area contributed by atoms with Gasteiger partial charge in [-0.05, 0) is 19.8 Å². The van der Waals surface area contributed by atoms with E-state index < -0.39 is 40.1 Å². The van der Waals surface area contributed by atoms with E-state index in [1.165, 1.54) is 6.92 Å². The minimum atomic E-state index is -2.05. The van der Waals surface area contributed by atoms with E-state index in [2.05, 4.69) is 5.32 Å². The Morgan fingerprint density at radius 3 is 2.52 bits per heavy atom. The minimum Gasteiger partial charge on any atom is -0.304 e. The third-order valence-electron chi connectivity index (χ3n) is 3.93. The lowest BCUT2D eigenvalue weighted by molar-refractivity contribution is -0.385. The van der Waals surface area contributed by atoms with Crippen LogP contribution in [0.5, 0.6) is 0 Å². The number of rotatable bonds is 3. The fourth-order valence-electron chi connectivity index (χ4n) is 2.43. The average Bonchev–Trinajstić information content (AvgIpc) is 2.45. The Morgan fingerprint density at radius 1 is 1.38 bits per heavy atom. The molecule has 2 atom stereocenters. The molecule has 0 aromatic heterocycles. The van der Waals surface area contributed by atoms with Crippen molar-refractivity contribution in [3.63, 3.8) is 0 Å². The highest BCUT2D eigenvalue weighted by atomic mass is 19.2. The summed E-state index contributed by atoms with van der Waals surface area (Å²) in [5, 5.41) is 13.4. The zero-order valence-corrected chi connectivity index (χ0v) is 11.3. The zero-order valence-electron chi connectivity index (χ0n) is 11.3. The highest BCUT2D eigenvalue weighted by molar-refractivity contribution is 5.40. The number of alkyl halides is 2. The second-order valence-corrected chi connectivity index (χ2v) is 5.52. The molecule has 1 aromatic carbocycles. The van der Waals surface area contributed by atoms with Crippen molar-refractivity contribution in [2.24, 2.45) is 0 Å². The van der Waals surface area contributed by atoms with Crippen LogP contribution in [-0.4, -0.2) is 23.8 Å². The smallest absolute Gasteiger partial charge is 0.272 e. The number of nitro groups is 1. The number of piperidine rings is 1. The summed E-state index contributed by atoms with van der Waals surface area (Å²) in [5.74, 6) is -2.56. The summed E-state index contributed by atoms with van der Waals surface area (Å²) in [4.78, 5) is 9.91. The van der Waals surface area contributed by atoms with E-state index in [1.807, 2.05) is 0 Å². The van der Waals surface area contributed by atoms with Gasteiger partial charge in [-0.2, -0.15) is 0 Å². The predicted molar refractivity (Wildman–Crippen MR) is 67.4 cm³/mol. The Hall–Kier alpha value is -1.70. The van der Waals surface area contributed by atoms with Gasteiger partial charge in [0.15, 0.2) is 17.3 Å². The summed E-state index contributed by atoms with van der Waals surface area (Å²) in [6.07, 6.45) is -0.193. The Kier molecular flexibility index (Phi) is 3.92. The van der Waals surface area contributed by atoms with Gasteiger partial charge < -0.3 is 5.32 Å². The standard InChI is InChI=1S/C13H14F4N2O2/c1-12(2-3-13(17,6-14)7-18-12)9-4-8(19(20)21)5-10(15)11(9)16/h4-5,18H,2-3,6-7H2,1H3/t12-,13-/m0/s1. The lowest BCUT2D eigenvalue weighted by Gasteiger charge is -2.41. The van der Waals surface area contributed by atoms with E-state index in [0.717, 1.165) is 6.07 Å². The normalized spacial score (nSPS) is 29.4. The number of halogens is 4. The topological polar surface area (TPSA) is 55.2 Å². The van der Waals surface area contributed by atoms with Gasteiger partial charge in [-0.25, -0.2) is 17.6 Å². The molecule has 0 bridgehead atoms. The molecule has 1 fully saturated rings. The van der Waals surface area contributed by atoms with Crippen molar-refractivity contribution >= 4 is 5.69 Å². The van der Waals surface area contributed by atoms with Gasteiger partial charge in [-0.15, -0.1) is 0 Å². The fraction of sp³-hybridized carbons (Fsp3) is 0.538. The van der Waals surface area contributed by atoms with Crippen molar-refractivity contribution in [2.75, 3.05) is 13.2 Å². The molecule has 1 saturated heterocycles. The van der Waals surface area contributed by atoms with Crippen molar-refractivity contribution < 1.29 is 22.5 Å². The zero-order chi connectivity index (χ0) is 15.8. The molecular weight excluding hydrogens is 292 g/mol. The molecule has 116 valence electrons. The molecule has 0 saturated carbocycles. The van der Waals surface area contributed by atoms with Crippen LogP contribution in [0.2, 0.25) is 0 Å². The van der Waals surface area contributed by atoms with Crippen molar-refractivity contribution in [3.8, 4) is 0 Å². The Morgan fingerprint density at radius 2 is 2.05 bits per heavy atom. The molecule has 1 heterocycles. The second kappa shape index (κ2) is 5.25. The quantitative estimate of drug-likeness (QED) is 0.530. The van der Waals surface area contributed by atoms with Crippen LogP contribution >= 0.6 is 0 Å². The van der Waals surface area contributed by atoms with Crippen LogP contribution < -0.4 is 5.32 Å². The number of hydrogen-bond donors (Lipinski definition) is 1. The maximum absolute atomic E-state index is 13.9. The van der Waals surface area contributed by atoms with E-state index in [1.54, 1.807) is 0 Å². The van der Waals surface area contributed by atoms with E-state index in [4.69, 9.17) is 0 Å². The van der Waals surface area contributed by atoms with Crippen molar-refractivity contribution in [1.29, 1.82) is 0 Å². The summed E-state index contributed by atoms with van der Waals surface area (Å²) < 4.78 is 53.9. The molecule has 0 aliphatic carbocycles. The molecule has 4 nitrogen and oxygen atoms in total. The Bertz CT molecular complexity index is 572. The largest absolute Gasteiger partial charge is 0.304 e. The van der Waals surface area contributed by atoms with Crippen LogP contribution in [0.4, 0.5) is 23.2 Å². The van der Waals surface area contributed by atoms with Gasteiger partial charge in [0.1, 0.15) is 6.67 Å². The highest BCUT2D eigenvalue weighted by Gasteiger charge is 2.43. The van der Waals surface area contributed by atoms with E-state index in [0.29, 0.717) is 6.07 Å². The number of nitrogens with one attached hydrogen (secondary N) is 1. The first-order valence-electron chi connectivity index (χ1n) is 6.35. The molecule has 8 heteroatoms. The molecule has 2 rings (SSSR count). The molecule has 0 radical (unpaired) electrons. The lowest BCUT2D eigenvalue weighted by Crippen LogP contribution is -2.54. The molecular formula is C13H14F4N2O2. The first-order chi connectivity index (χ1) is 9.71. The molecule has 1 aliphatic heterocycles. The average molecular weight is 306 g/mol. The van der Waals surface area contributed by atoms with Crippen LogP contribution in [0.25, 0.3) is 0 Å². The van der Waals surface area contributed by atoms with Gasteiger partial charge in [0.05, 0.1) is 11.0 Å². The number of benzene rings is 1. The number of nitro benzene ring substituents is 1. The van der Waals surface area contributed by atoms with Crippen molar-refractivity contribution in [3.05, 3.63) is 39.4 Å². The van der Waals surface area contributed by atoms with Gasteiger partial charge >= 0.3 is 0 Å². The van der Waals surface area contributed by atoms with Crippen molar-refractivity contribution in [1.82, 2.24) is 5.32 Å². The van der Waals surface area contributed by atoms with E-state index >= 15 is 0 Å². The summed E-state index contributed by atoms with van der Waals surface area (Å²) in [6, 6.07) is 1.41. The number of hydrogen-bond acceptors (Lipinski definition) is 3. The molecule has 0 spiro atoms. The van der Waals surface area contributed by atoms with Gasteiger partial charge in [0.2, 0.25) is 0 Å². The molecule has 1 aliphatic rings. The Balaban J connectivity index is 2.40. The van der Waals surface area contributed by atoms with Gasteiger partial charge in [-0.3, -0.25) is 10.1 Å². The van der Waals surface area contributed by atoms with E-state index in [9.17, 15) is 27.7 Å². The maximum atomic E-state index is 13.9. The Labute approximate surface area is 118 Å². The SMILES string of the molecule is C[C@@]1(c2cc([N+](=O)[O-])cc(F)c2F)CC[C@](F)(CF)CN1. The number of non-ortho nitro benzene ring substituents is 1. The molecule has 1 aromatic rings. The summed E-state index contributed by atoms with van der Waals surface area (Å²) >= 11 is 0. The van der Waals surface area contributed by atoms with Gasteiger partial charge in [0, 0.05) is 23.7 Å². The molecule has 21 heavy (non-hydrogen) atoms. The van der Waals surface area contributed by atoms with Gasteiger partial charge in [0.25, 0.3) is 5.69 Å². The first kappa shape index (κ1) is 15.7.